The van der Waals surface area contributed by atoms with Gasteiger partial charge < -0.3 is 10.5 Å². The quantitative estimate of drug-likeness (QED) is 0.696. The molecule has 0 atom stereocenters. The van der Waals surface area contributed by atoms with Crippen LogP contribution in [-0.2, 0) is 0 Å². The second kappa shape index (κ2) is 3.81. The van der Waals surface area contributed by atoms with E-state index >= 15 is 0 Å². The number of hydrogen-bond acceptors (Lipinski definition) is 3. The Morgan fingerprint density at radius 2 is 2.31 bits per heavy atom. The molecule has 1 aromatic carbocycles. The maximum Gasteiger partial charge on any atom is 0.139 e. The molecule has 67 valence electrons. The molecule has 0 saturated heterocycles. The normalized spacial score (nSPS) is 9.69. The monoisotopic (exact) mass is 175 g/mol. The predicted molar refractivity (Wildman–Crippen MR) is 50.2 cm³/mol. The van der Waals surface area contributed by atoms with E-state index in [0.717, 1.165) is 0 Å². The Kier molecular flexibility index (Phi) is 2.76. The summed E-state index contributed by atoms with van der Waals surface area (Å²) in [5.74, 6) is 0.522. The van der Waals surface area contributed by atoms with Crippen LogP contribution in [0.15, 0.2) is 12.1 Å². The van der Waals surface area contributed by atoms with Crippen LogP contribution in [0.5, 0.6) is 5.75 Å². The van der Waals surface area contributed by atoms with Gasteiger partial charge in [0.25, 0.3) is 0 Å². The second-order valence-corrected chi connectivity index (χ2v) is 2.91. The first-order chi connectivity index (χ1) is 6.15. The molecule has 0 amide bonds. The van der Waals surface area contributed by atoms with E-state index in [1.165, 1.54) is 0 Å². The topological polar surface area (TPSA) is 59.0 Å². The fourth-order valence-corrected chi connectivity index (χ4v) is 0.963. The lowest BCUT2D eigenvalue weighted by Gasteiger charge is -2.11. The summed E-state index contributed by atoms with van der Waals surface area (Å²) in [6.07, 6.45) is 0.0360. The Hall–Kier alpha value is -1.69. The van der Waals surface area contributed by atoms with Crippen LogP contribution >= 0.6 is 0 Å². The molecule has 13 heavy (non-hydrogen) atoms. The Morgan fingerprint density at radius 1 is 1.62 bits per heavy atom. The lowest BCUT2D eigenvalue weighted by molar-refractivity contribution is 0.242. The van der Waals surface area contributed by atoms with E-state index in [-0.39, 0.29) is 6.10 Å². The molecule has 1 rings (SSSR count). The van der Waals surface area contributed by atoms with E-state index < -0.39 is 0 Å². The van der Waals surface area contributed by atoms with Crippen molar-refractivity contribution in [2.75, 3.05) is 5.73 Å². The highest BCUT2D eigenvalue weighted by atomic mass is 16.5. The second-order valence-electron chi connectivity index (χ2n) is 2.91. The summed E-state index contributed by atoms with van der Waals surface area (Å²) in [7, 11) is 0. The molecule has 3 heteroatoms. The van der Waals surface area contributed by atoms with E-state index in [4.69, 9.17) is 15.7 Å². The van der Waals surface area contributed by atoms with E-state index in [2.05, 4.69) is 6.07 Å². The Morgan fingerprint density at radius 3 is 2.85 bits per heavy atom. The molecule has 0 fully saturated rings. The van der Waals surface area contributed by atoms with E-state index in [0.29, 0.717) is 17.0 Å². The van der Waals surface area contributed by atoms with Crippen molar-refractivity contribution in [1.82, 2.24) is 0 Å². The van der Waals surface area contributed by atoms with Gasteiger partial charge in [0, 0.05) is 6.07 Å². The van der Waals surface area contributed by atoms with Crippen molar-refractivity contribution in [2.45, 2.75) is 20.0 Å². The van der Waals surface area contributed by atoms with Gasteiger partial charge >= 0.3 is 0 Å². The van der Waals surface area contributed by atoms with Gasteiger partial charge in [-0.2, -0.15) is 5.26 Å². The summed E-state index contributed by atoms with van der Waals surface area (Å²) in [6.45, 7) is 3.79. The highest BCUT2D eigenvalue weighted by Gasteiger charge is 2.07. The molecule has 0 aliphatic carbocycles. The lowest BCUT2D eigenvalue weighted by Crippen LogP contribution is -2.07. The lowest BCUT2D eigenvalue weighted by atomic mass is 10.2. The third kappa shape index (κ3) is 2.12. The van der Waals surface area contributed by atoms with Crippen LogP contribution in [0.25, 0.3) is 0 Å². The van der Waals surface area contributed by atoms with Crippen LogP contribution < -0.4 is 10.5 Å². The van der Waals surface area contributed by atoms with Crippen LogP contribution in [0.4, 0.5) is 5.69 Å². The number of nitrogens with zero attached hydrogens (tertiary/aromatic N) is 1. The molecular weight excluding hydrogens is 164 g/mol. The summed E-state index contributed by atoms with van der Waals surface area (Å²) >= 11 is 0. The van der Waals surface area contributed by atoms with Crippen molar-refractivity contribution in [1.29, 1.82) is 5.26 Å². The first kappa shape index (κ1) is 9.40. The molecule has 0 saturated carbocycles. The van der Waals surface area contributed by atoms with Crippen LogP contribution in [0.2, 0.25) is 0 Å². The first-order valence-electron chi connectivity index (χ1n) is 4.02. The molecule has 0 unspecified atom stereocenters. The Labute approximate surface area is 77.7 Å². The van der Waals surface area contributed by atoms with Crippen molar-refractivity contribution in [3.8, 4) is 11.8 Å². The van der Waals surface area contributed by atoms with E-state index in [1.54, 1.807) is 12.1 Å². The predicted octanol–water partition coefficient (Wildman–Crippen LogP) is 1.73. The van der Waals surface area contributed by atoms with Crippen molar-refractivity contribution in [3.63, 3.8) is 0 Å². The smallest absolute Gasteiger partial charge is 0.139 e. The number of hydrogen-bond donors (Lipinski definition) is 1. The molecule has 2 N–H and O–H groups in total. The van der Waals surface area contributed by atoms with Gasteiger partial charge in [-0.25, -0.2) is 0 Å². The van der Waals surface area contributed by atoms with Gasteiger partial charge in [-0.05, 0) is 26.0 Å². The fourth-order valence-electron chi connectivity index (χ4n) is 0.963. The standard InChI is InChI=1S/C10H11N2O/c1-7(2)13-10-5-3-4-9(12)8(10)6-11/h3,5,7H,12H2,1-2H3. The number of nitrogen functional groups attached to an aromatic ring is 1. The minimum absolute atomic E-state index is 0.0360. The summed E-state index contributed by atoms with van der Waals surface area (Å²) in [4.78, 5) is 0. The molecular formula is C10H11N2O. The molecule has 3 nitrogen and oxygen atoms in total. The highest BCUT2D eigenvalue weighted by Crippen LogP contribution is 2.23. The van der Waals surface area contributed by atoms with Crippen molar-refractivity contribution >= 4 is 5.69 Å². The number of ether oxygens (including phenoxy) is 1. The third-order valence-corrected chi connectivity index (χ3v) is 1.46. The van der Waals surface area contributed by atoms with Gasteiger partial charge in [-0.3, -0.25) is 0 Å². The molecule has 0 heterocycles. The Balaban J connectivity index is 3.07. The minimum Gasteiger partial charge on any atom is -0.490 e. The number of nitrogens with two attached hydrogens (primary N) is 1. The maximum atomic E-state index is 8.78. The van der Waals surface area contributed by atoms with Gasteiger partial charge in [-0.15, -0.1) is 0 Å². The molecule has 1 radical (unpaired) electrons. The number of rotatable bonds is 2. The molecule has 0 aliphatic heterocycles. The van der Waals surface area contributed by atoms with Gasteiger partial charge in [0.2, 0.25) is 0 Å². The summed E-state index contributed by atoms with van der Waals surface area (Å²) in [5, 5.41) is 8.78. The van der Waals surface area contributed by atoms with Crippen LogP contribution in [0.1, 0.15) is 19.4 Å². The van der Waals surface area contributed by atoms with Gasteiger partial charge in [0.15, 0.2) is 0 Å². The van der Waals surface area contributed by atoms with Gasteiger partial charge in [-0.1, -0.05) is 0 Å². The SMILES string of the molecule is CC(C)Oc1cc[c]c(N)c1C#N. The molecule has 1 aromatic rings. The number of benzene rings is 1. The molecule has 0 aliphatic rings. The third-order valence-electron chi connectivity index (χ3n) is 1.46. The van der Waals surface area contributed by atoms with Gasteiger partial charge in [0.1, 0.15) is 17.4 Å². The van der Waals surface area contributed by atoms with Crippen molar-refractivity contribution in [3.05, 3.63) is 23.8 Å². The average Bonchev–Trinajstić information content (AvgIpc) is 2.03. The van der Waals surface area contributed by atoms with E-state index in [9.17, 15) is 0 Å². The molecule has 0 aromatic heterocycles. The largest absolute Gasteiger partial charge is 0.490 e. The zero-order valence-corrected chi connectivity index (χ0v) is 7.66. The maximum absolute atomic E-state index is 8.78. The zero-order valence-electron chi connectivity index (χ0n) is 7.66. The van der Waals surface area contributed by atoms with E-state index in [1.807, 2.05) is 19.9 Å². The van der Waals surface area contributed by atoms with Crippen molar-refractivity contribution in [2.24, 2.45) is 0 Å². The minimum atomic E-state index is 0.0360. The zero-order chi connectivity index (χ0) is 9.84. The summed E-state index contributed by atoms with van der Waals surface area (Å²) in [6, 6.07) is 8.06. The molecule has 0 spiro atoms. The van der Waals surface area contributed by atoms with Crippen LogP contribution in [0.3, 0.4) is 0 Å². The average molecular weight is 175 g/mol. The fraction of sp³-hybridized carbons (Fsp3) is 0.300. The van der Waals surface area contributed by atoms with Gasteiger partial charge in [0.05, 0.1) is 11.8 Å². The Bertz CT molecular complexity index is 339. The summed E-state index contributed by atoms with van der Waals surface area (Å²) in [5.41, 5.74) is 6.24. The molecule has 0 bridgehead atoms. The number of nitriles is 1. The van der Waals surface area contributed by atoms with Crippen molar-refractivity contribution < 1.29 is 4.74 Å². The number of anilines is 1. The van der Waals surface area contributed by atoms with Crippen LogP contribution in [-0.4, -0.2) is 6.10 Å². The first-order valence-corrected chi connectivity index (χ1v) is 4.02. The summed E-state index contributed by atoms with van der Waals surface area (Å²) < 4.78 is 5.39. The van der Waals surface area contributed by atoms with Crippen LogP contribution in [0, 0.1) is 17.4 Å². The highest BCUT2D eigenvalue weighted by molar-refractivity contribution is 5.60.